The molecule has 0 aromatic rings. The van der Waals surface area contributed by atoms with E-state index >= 15 is 0 Å². The van der Waals surface area contributed by atoms with E-state index in [2.05, 4.69) is 0 Å². The summed E-state index contributed by atoms with van der Waals surface area (Å²) in [5.41, 5.74) is 16.7. The third-order valence-electron chi connectivity index (χ3n) is 2.22. The van der Waals surface area contributed by atoms with Gasteiger partial charge in [-0.1, -0.05) is 0 Å². The van der Waals surface area contributed by atoms with Crippen LogP contribution >= 0.6 is 0 Å². The summed E-state index contributed by atoms with van der Waals surface area (Å²) in [5, 5.41) is 0. The average Bonchev–Trinajstić information content (AvgIpc) is 2.25. The topological polar surface area (TPSA) is 106 Å². The lowest BCUT2D eigenvalue weighted by molar-refractivity contribution is 0.0987. The van der Waals surface area contributed by atoms with Crippen molar-refractivity contribution in [1.82, 2.24) is 0 Å². The Bertz CT molecular complexity index is 158. The van der Waals surface area contributed by atoms with Crippen LogP contribution in [-0.2, 0) is 13.3 Å². The molecule has 0 aromatic carbocycles. The van der Waals surface area contributed by atoms with Crippen LogP contribution in [-0.4, -0.2) is 42.3 Å². The minimum atomic E-state index is -2.65. The number of nitrogens with two attached hydrogens (primary N) is 3. The van der Waals surface area contributed by atoms with Gasteiger partial charge in [0.25, 0.3) is 0 Å². The molecule has 0 rings (SSSR count). The zero-order chi connectivity index (χ0) is 11.7. The molecule has 0 aliphatic carbocycles. The summed E-state index contributed by atoms with van der Waals surface area (Å²) >= 11 is 0. The molecule has 0 fully saturated rings. The first-order chi connectivity index (χ1) is 7.14. The lowest BCUT2D eigenvalue weighted by Crippen LogP contribution is -2.49. The van der Waals surface area contributed by atoms with E-state index in [9.17, 15) is 0 Å². The lowest BCUT2D eigenvalue weighted by Gasteiger charge is -2.28. The highest BCUT2D eigenvalue weighted by Gasteiger charge is 2.40. The van der Waals surface area contributed by atoms with Crippen molar-refractivity contribution in [2.24, 2.45) is 17.2 Å². The zero-order valence-electron chi connectivity index (χ0n) is 9.57. The third kappa shape index (κ3) is 5.57. The molecule has 0 spiro atoms. The van der Waals surface area contributed by atoms with E-state index in [1.807, 2.05) is 0 Å². The van der Waals surface area contributed by atoms with E-state index in [-0.39, 0.29) is 12.8 Å². The summed E-state index contributed by atoms with van der Waals surface area (Å²) in [6.45, 7) is 0.720. The first-order valence-electron chi connectivity index (χ1n) is 5.04. The lowest BCUT2D eigenvalue weighted by atomic mass is 10.2. The molecule has 15 heavy (non-hydrogen) atoms. The van der Waals surface area contributed by atoms with Crippen molar-refractivity contribution in [2.45, 2.75) is 24.9 Å². The minimum absolute atomic E-state index is 0.0216. The maximum absolute atomic E-state index is 5.93. The molecule has 0 amide bonds. The van der Waals surface area contributed by atoms with Crippen LogP contribution < -0.4 is 17.2 Å². The van der Waals surface area contributed by atoms with E-state index in [0.717, 1.165) is 12.8 Å². The van der Waals surface area contributed by atoms with Crippen LogP contribution in [0.15, 0.2) is 0 Å². The molecule has 0 heterocycles. The highest BCUT2D eigenvalue weighted by molar-refractivity contribution is 6.60. The number of rotatable bonds is 9. The van der Waals surface area contributed by atoms with Crippen molar-refractivity contribution in [2.75, 3.05) is 27.5 Å². The molecule has 7 heteroatoms. The van der Waals surface area contributed by atoms with Gasteiger partial charge in [-0.3, -0.25) is 0 Å². The summed E-state index contributed by atoms with van der Waals surface area (Å²) in [4.78, 5) is 0. The second-order valence-corrected chi connectivity index (χ2v) is 6.18. The van der Waals surface area contributed by atoms with Crippen LogP contribution in [0.4, 0.5) is 0 Å². The van der Waals surface area contributed by atoms with Crippen LogP contribution in [0, 0.1) is 0 Å². The van der Waals surface area contributed by atoms with Crippen LogP contribution in [0.1, 0.15) is 12.8 Å². The Hall–Kier alpha value is -0.0231. The molecular formula is C8H23N3O3Si. The Morgan fingerprint density at radius 1 is 1.20 bits per heavy atom. The van der Waals surface area contributed by atoms with Gasteiger partial charge >= 0.3 is 8.80 Å². The second-order valence-electron chi connectivity index (χ2n) is 3.30. The average molecular weight is 237 g/mol. The molecule has 0 aliphatic rings. The Balaban J connectivity index is 4.13. The van der Waals surface area contributed by atoms with Crippen LogP contribution in [0.25, 0.3) is 0 Å². The quantitative estimate of drug-likeness (QED) is 0.359. The van der Waals surface area contributed by atoms with Gasteiger partial charge in [0, 0.05) is 26.3 Å². The smallest absolute Gasteiger partial charge is 0.377 e. The standard InChI is InChI=1S/C8H23N3O3Si/c1-12-15(13-2,14-7-10)6-8(11)4-3-5-9/h8H,3-7,9-11H2,1-2H3. The first kappa shape index (κ1) is 15.0. The van der Waals surface area contributed by atoms with Crippen LogP contribution in [0.3, 0.4) is 0 Å². The zero-order valence-corrected chi connectivity index (χ0v) is 10.6. The molecule has 0 aliphatic heterocycles. The Morgan fingerprint density at radius 2 is 1.80 bits per heavy atom. The first-order valence-corrected chi connectivity index (χ1v) is 6.97. The van der Waals surface area contributed by atoms with Crippen molar-refractivity contribution >= 4 is 8.80 Å². The van der Waals surface area contributed by atoms with Crippen LogP contribution in [0.2, 0.25) is 6.04 Å². The second kappa shape index (κ2) is 8.17. The van der Waals surface area contributed by atoms with Gasteiger partial charge in [0.2, 0.25) is 0 Å². The van der Waals surface area contributed by atoms with E-state index in [4.69, 9.17) is 30.5 Å². The van der Waals surface area contributed by atoms with Gasteiger partial charge in [-0.15, -0.1) is 0 Å². The molecule has 92 valence electrons. The monoisotopic (exact) mass is 237 g/mol. The van der Waals surface area contributed by atoms with Crippen molar-refractivity contribution in [1.29, 1.82) is 0 Å². The molecular weight excluding hydrogens is 214 g/mol. The molecule has 0 bridgehead atoms. The maximum Gasteiger partial charge on any atom is 0.502 e. The number of hydrogen-bond donors (Lipinski definition) is 3. The molecule has 0 aromatic heterocycles. The van der Waals surface area contributed by atoms with E-state index in [1.54, 1.807) is 14.2 Å². The van der Waals surface area contributed by atoms with Gasteiger partial charge < -0.3 is 30.5 Å². The van der Waals surface area contributed by atoms with Crippen molar-refractivity contribution in [3.8, 4) is 0 Å². The Kier molecular flexibility index (Phi) is 8.15. The molecule has 6 N–H and O–H groups in total. The fraction of sp³-hybridized carbons (Fsp3) is 1.00. The summed E-state index contributed by atoms with van der Waals surface area (Å²) < 4.78 is 15.9. The predicted octanol–water partition coefficient (Wildman–Crippen LogP) is -0.783. The normalized spacial score (nSPS) is 14.2. The molecule has 0 saturated carbocycles. The molecule has 0 radical (unpaired) electrons. The molecule has 6 nitrogen and oxygen atoms in total. The van der Waals surface area contributed by atoms with Gasteiger partial charge in [-0.2, -0.15) is 0 Å². The summed E-state index contributed by atoms with van der Waals surface area (Å²) in [5.74, 6) is 0. The summed E-state index contributed by atoms with van der Waals surface area (Å²) in [6.07, 6.45) is 1.73. The fourth-order valence-corrected chi connectivity index (χ4v) is 3.31. The molecule has 0 saturated heterocycles. The SMILES string of the molecule is CO[Si](CC(N)CCCN)(OC)OCN. The summed E-state index contributed by atoms with van der Waals surface area (Å²) in [7, 11) is 0.466. The number of hydrogen-bond acceptors (Lipinski definition) is 6. The minimum Gasteiger partial charge on any atom is -0.377 e. The predicted molar refractivity (Wildman–Crippen MR) is 61.0 cm³/mol. The summed E-state index contributed by atoms with van der Waals surface area (Å²) in [6, 6.07) is 0.545. The van der Waals surface area contributed by atoms with E-state index in [1.165, 1.54) is 0 Å². The van der Waals surface area contributed by atoms with Gasteiger partial charge in [-0.05, 0) is 19.4 Å². The molecule has 1 unspecified atom stereocenters. The Labute approximate surface area is 92.4 Å². The fourth-order valence-electron chi connectivity index (χ4n) is 1.36. The van der Waals surface area contributed by atoms with Crippen molar-refractivity contribution in [3.05, 3.63) is 0 Å². The van der Waals surface area contributed by atoms with Gasteiger partial charge in [0.1, 0.15) is 0 Å². The van der Waals surface area contributed by atoms with Gasteiger partial charge in [0.15, 0.2) is 0 Å². The highest BCUT2D eigenvalue weighted by atomic mass is 28.4. The molecule has 1 atom stereocenters. The van der Waals surface area contributed by atoms with E-state index in [0.29, 0.717) is 12.6 Å². The van der Waals surface area contributed by atoms with Crippen molar-refractivity contribution < 1.29 is 13.3 Å². The van der Waals surface area contributed by atoms with Crippen LogP contribution in [0.5, 0.6) is 0 Å². The van der Waals surface area contributed by atoms with Crippen molar-refractivity contribution in [3.63, 3.8) is 0 Å². The highest BCUT2D eigenvalue weighted by Crippen LogP contribution is 2.16. The third-order valence-corrected chi connectivity index (χ3v) is 5.09. The maximum atomic E-state index is 5.93. The van der Waals surface area contributed by atoms with Gasteiger partial charge in [-0.25, -0.2) is 0 Å². The van der Waals surface area contributed by atoms with Gasteiger partial charge in [0.05, 0.1) is 6.73 Å². The Morgan fingerprint density at radius 3 is 2.20 bits per heavy atom. The van der Waals surface area contributed by atoms with E-state index < -0.39 is 8.80 Å². The largest absolute Gasteiger partial charge is 0.502 e.